The molecule has 2 heterocycles. The second kappa shape index (κ2) is 14.4. The predicted octanol–water partition coefficient (Wildman–Crippen LogP) is 2.96. The van der Waals surface area contributed by atoms with E-state index in [9.17, 15) is 32.4 Å². The lowest BCUT2D eigenvalue weighted by atomic mass is 9.94. The molecule has 0 aromatic heterocycles. The third kappa shape index (κ3) is 7.68. The Morgan fingerprint density at radius 2 is 1.31 bits per heavy atom. The van der Waals surface area contributed by atoms with Gasteiger partial charge in [-0.3, -0.25) is 28.9 Å². The van der Waals surface area contributed by atoms with E-state index >= 15 is 0 Å². The summed E-state index contributed by atoms with van der Waals surface area (Å²) < 4.78 is 59.8. The SMILES string of the molecule is CC(=O)OCC1O[C@@H](O/C(=N\S(=O)(=O)c2ccc(C)cc2)c2ccccc2)C(N2C(=O)c3ccccc3C2=O)C(OC(C)=O)[C@@H]1OC(C)=O. The van der Waals surface area contributed by atoms with E-state index in [1.807, 2.05) is 0 Å². The van der Waals surface area contributed by atoms with Gasteiger partial charge in [0.15, 0.2) is 12.2 Å². The minimum atomic E-state index is -4.44. The molecule has 15 heteroatoms. The zero-order valence-electron chi connectivity index (χ0n) is 26.8. The zero-order chi connectivity index (χ0) is 35.5. The highest BCUT2D eigenvalue weighted by Gasteiger charge is 2.58. The van der Waals surface area contributed by atoms with Crippen molar-refractivity contribution < 1.29 is 56.1 Å². The van der Waals surface area contributed by atoms with Gasteiger partial charge in [0, 0.05) is 26.3 Å². The van der Waals surface area contributed by atoms with E-state index in [0.29, 0.717) is 0 Å². The molecule has 0 saturated carbocycles. The Labute approximate surface area is 281 Å². The van der Waals surface area contributed by atoms with Gasteiger partial charge in [-0.25, -0.2) is 0 Å². The summed E-state index contributed by atoms with van der Waals surface area (Å²) in [5.41, 5.74) is 1.01. The van der Waals surface area contributed by atoms with Crippen LogP contribution >= 0.6 is 0 Å². The second-order valence-electron chi connectivity index (χ2n) is 11.2. The van der Waals surface area contributed by atoms with Crippen LogP contribution in [0.5, 0.6) is 0 Å². The Morgan fingerprint density at radius 3 is 1.86 bits per heavy atom. The lowest BCUT2D eigenvalue weighted by molar-refractivity contribution is -0.268. The summed E-state index contributed by atoms with van der Waals surface area (Å²) in [6.07, 6.45) is -6.43. The van der Waals surface area contributed by atoms with Crippen molar-refractivity contribution in [1.29, 1.82) is 0 Å². The number of esters is 3. The number of fused-ring (bicyclic) bond motifs is 1. The lowest BCUT2D eigenvalue weighted by Gasteiger charge is -2.46. The van der Waals surface area contributed by atoms with Crippen LogP contribution < -0.4 is 0 Å². The summed E-state index contributed by atoms with van der Waals surface area (Å²) in [5.74, 6) is -4.61. The maximum atomic E-state index is 13.9. The van der Waals surface area contributed by atoms with Crippen LogP contribution in [0.1, 0.15) is 52.6 Å². The summed E-state index contributed by atoms with van der Waals surface area (Å²) >= 11 is 0. The number of nitrogens with zero attached hydrogens (tertiary/aromatic N) is 2. The average Bonchev–Trinajstić information content (AvgIpc) is 3.30. The molecule has 0 spiro atoms. The number of hydrogen-bond donors (Lipinski definition) is 0. The number of aryl methyl sites for hydroxylation is 1. The molecular weight excluding hydrogens is 660 g/mol. The fraction of sp³-hybridized carbons (Fsp3) is 0.294. The van der Waals surface area contributed by atoms with E-state index in [-0.39, 0.29) is 21.6 Å². The first-order chi connectivity index (χ1) is 23.3. The van der Waals surface area contributed by atoms with E-state index in [1.165, 1.54) is 36.4 Å². The number of imide groups is 1. The minimum absolute atomic E-state index is 0.0257. The molecule has 3 aromatic rings. The van der Waals surface area contributed by atoms with E-state index in [1.54, 1.807) is 49.4 Å². The molecule has 3 unspecified atom stereocenters. The molecule has 0 N–H and O–H groups in total. The molecule has 0 radical (unpaired) electrons. The molecule has 1 saturated heterocycles. The topological polar surface area (TPSA) is 181 Å². The summed E-state index contributed by atoms with van der Waals surface area (Å²) in [5, 5.41) is 0. The van der Waals surface area contributed by atoms with Crippen molar-refractivity contribution >= 4 is 45.6 Å². The fourth-order valence-electron chi connectivity index (χ4n) is 5.44. The highest BCUT2D eigenvalue weighted by molar-refractivity contribution is 7.90. The number of carbonyl (C=O) groups excluding carboxylic acids is 5. The van der Waals surface area contributed by atoms with Crippen molar-refractivity contribution in [2.75, 3.05) is 6.61 Å². The highest BCUT2D eigenvalue weighted by atomic mass is 32.2. The van der Waals surface area contributed by atoms with Gasteiger partial charge < -0.3 is 23.7 Å². The number of ether oxygens (including phenoxy) is 5. The molecule has 2 amide bonds. The summed E-state index contributed by atoms with van der Waals surface area (Å²) in [7, 11) is -4.44. The highest BCUT2D eigenvalue weighted by Crippen LogP contribution is 2.36. The van der Waals surface area contributed by atoms with Crippen molar-refractivity contribution in [3.8, 4) is 0 Å². The molecule has 256 valence electrons. The Hall–Kier alpha value is -5.41. The van der Waals surface area contributed by atoms with Gasteiger partial charge in [-0.05, 0) is 43.3 Å². The minimum Gasteiger partial charge on any atom is -0.463 e. The molecule has 49 heavy (non-hydrogen) atoms. The predicted molar refractivity (Wildman–Crippen MR) is 170 cm³/mol. The standard InChI is InChI=1S/C34H32N2O12S/c1-19-14-16-24(17-15-19)49(42,43)35-31(23-10-6-5-7-11-23)48-34-28(36-32(40)25-12-8-9-13-26(25)33(36)41)30(46-22(4)39)29(45-21(3)38)27(47-34)18-44-20(2)37/h5-17,27-30,34H,18H2,1-4H3/b35-31-/t27?,28?,29-,30?,34+/m1/s1. The molecule has 5 atom stereocenters. The van der Waals surface area contributed by atoms with Gasteiger partial charge in [0.1, 0.15) is 18.8 Å². The van der Waals surface area contributed by atoms with Gasteiger partial charge in [0.05, 0.1) is 16.0 Å². The van der Waals surface area contributed by atoms with Crippen molar-refractivity contribution in [1.82, 2.24) is 4.90 Å². The lowest BCUT2D eigenvalue weighted by Crippen LogP contribution is -2.67. The number of sulfonamides is 1. The zero-order valence-corrected chi connectivity index (χ0v) is 27.6. The van der Waals surface area contributed by atoms with Crippen molar-refractivity contribution in [3.05, 3.63) is 101 Å². The van der Waals surface area contributed by atoms with E-state index in [2.05, 4.69) is 4.40 Å². The van der Waals surface area contributed by atoms with Crippen LogP contribution in [0, 0.1) is 6.92 Å². The quantitative estimate of drug-likeness (QED) is 0.105. The Kier molecular flexibility index (Phi) is 10.2. The molecule has 5 rings (SSSR count). The number of hydrogen-bond acceptors (Lipinski definition) is 12. The first-order valence-electron chi connectivity index (χ1n) is 15.0. The largest absolute Gasteiger partial charge is 0.463 e. The summed E-state index contributed by atoms with van der Waals surface area (Å²) in [6.45, 7) is 4.48. The third-order valence-electron chi connectivity index (χ3n) is 7.56. The van der Waals surface area contributed by atoms with Gasteiger partial charge in [0.25, 0.3) is 21.8 Å². The molecule has 2 aliphatic heterocycles. The Morgan fingerprint density at radius 1 is 0.755 bits per heavy atom. The van der Waals surface area contributed by atoms with Crippen LogP contribution in [-0.2, 0) is 48.1 Å². The normalized spacial score (nSPS) is 22.2. The smallest absolute Gasteiger partial charge is 0.303 e. The van der Waals surface area contributed by atoms with Crippen LogP contribution in [0.2, 0.25) is 0 Å². The van der Waals surface area contributed by atoms with Gasteiger partial charge in [-0.15, -0.1) is 4.40 Å². The molecule has 0 bridgehead atoms. The van der Waals surface area contributed by atoms with E-state index in [0.717, 1.165) is 31.2 Å². The van der Waals surface area contributed by atoms with E-state index in [4.69, 9.17) is 23.7 Å². The van der Waals surface area contributed by atoms with Crippen LogP contribution in [0.15, 0.2) is 88.2 Å². The molecule has 14 nitrogen and oxygen atoms in total. The Balaban J connectivity index is 1.69. The molecular formula is C34H32N2O12S. The molecule has 3 aromatic carbocycles. The second-order valence-corrected chi connectivity index (χ2v) is 12.8. The Bertz CT molecular complexity index is 1880. The van der Waals surface area contributed by atoms with Crippen LogP contribution in [-0.4, -0.2) is 86.2 Å². The van der Waals surface area contributed by atoms with Crippen molar-refractivity contribution in [2.24, 2.45) is 4.40 Å². The monoisotopic (exact) mass is 692 g/mol. The first kappa shape index (κ1) is 34.9. The van der Waals surface area contributed by atoms with Crippen LogP contribution in [0.3, 0.4) is 0 Å². The summed E-state index contributed by atoms with van der Waals surface area (Å²) in [6, 6.07) is 18.0. The maximum absolute atomic E-state index is 13.9. The van der Waals surface area contributed by atoms with Crippen LogP contribution in [0.25, 0.3) is 0 Å². The van der Waals surface area contributed by atoms with Crippen molar-refractivity contribution in [2.45, 2.75) is 63.2 Å². The van der Waals surface area contributed by atoms with Gasteiger partial charge in [-0.2, -0.15) is 8.42 Å². The average molecular weight is 693 g/mol. The maximum Gasteiger partial charge on any atom is 0.303 e. The first-order valence-corrected chi connectivity index (χ1v) is 16.4. The summed E-state index contributed by atoms with van der Waals surface area (Å²) in [4.78, 5) is 65.0. The van der Waals surface area contributed by atoms with Crippen molar-refractivity contribution in [3.63, 3.8) is 0 Å². The van der Waals surface area contributed by atoms with E-state index < -0.39 is 82.9 Å². The number of benzene rings is 3. The third-order valence-corrected chi connectivity index (χ3v) is 8.84. The van der Waals surface area contributed by atoms with Gasteiger partial charge in [-0.1, -0.05) is 48.0 Å². The number of rotatable bonds is 9. The molecule has 2 aliphatic rings. The van der Waals surface area contributed by atoms with Crippen LogP contribution in [0.4, 0.5) is 0 Å². The van der Waals surface area contributed by atoms with Gasteiger partial charge >= 0.3 is 17.9 Å². The number of carbonyl (C=O) groups is 5. The fourth-order valence-corrected chi connectivity index (χ4v) is 6.39. The van der Waals surface area contributed by atoms with Gasteiger partial charge in [0.2, 0.25) is 12.2 Å². The number of amides is 2. The molecule has 0 aliphatic carbocycles. The molecule has 1 fully saturated rings.